The molecular formula is C25H26ClN7O. The van der Waals surface area contributed by atoms with Gasteiger partial charge in [-0.1, -0.05) is 17.7 Å². The molecule has 0 radical (unpaired) electrons. The second-order valence-corrected chi connectivity index (χ2v) is 9.11. The molecule has 1 aliphatic rings. The number of anilines is 1. The Bertz CT molecular complexity index is 1320. The van der Waals surface area contributed by atoms with E-state index in [1.54, 1.807) is 12.4 Å². The van der Waals surface area contributed by atoms with Crippen molar-refractivity contribution in [2.24, 2.45) is 5.92 Å². The van der Waals surface area contributed by atoms with Crippen molar-refractivity contribution in [1.29, 1.82) is 0 Å². The average Bonchev–Trinajstić information content (AvgIpc) is 3.22. The summed E-state index contributed by atoms with van der Waals surface area (Å²) < 4.78 is 1.91. The summed E-state index contributed by atoms with van der Waals surface area (Å²) in [6.07, 6.45) is 5.24. The van der Waals surface area contributed by atoms with E-state index in [0.717, 1.165) is 58.7 Å². The van der Waals surface area contributed by atoms with Crippen LogP contribution in [0.2, 0.25) is 5.02 Å². The molecule has 5 rings (SSSR count). The van der Waals surface area contributed by atoms with E-state index >= 15 is 0 Å². The molecule has 0 saturated carbocycles. The first-order valence-electron chi connectivity index (χ1n) is 11.4. The Hall–Kier alpha value is -3.52. The van der Waals surface area contributed by atoms with Gasteiger partial charge in [0.05, 0.1) is 28.4 Å². The quantitative estimate of drug-likeness (QED) is 0.469. The highest BCUT2D eigenvalue weighted by Crippen LogP contribution is 2.31. The van der Waals surface area contributed by atoms with E-state index in [1.165, 1.54) is 0 Å². The summed E-state index contributed by atoms with van der Waals surface area (Å²) in [4.78, 5) is 19.2. The highest BCUT2D eigenvalue weighted by atomic mass is 35.5. The smallest absolute Gasteiger partial charge is 0.225 e. The van der Waals surface area contributed by atoms with Crippen LogP contribution in [0.15, 0.2) is 48.8 Å². The van der Waals surface area contributed by atoms with Gasteiger partial charge in [-0.25, -0.2) is 4.68 Å². The number of benzene rings is 1. The van der Waals surface area contributed by atoms with Crippen LogP contribution in [0.4, 0.5) is 5.82 Å². The molecule has 1 aliphatic heterocycles. The molecule has 0 bridgehead atoms. The molecule has 1 unspecified atom stereocenters. The zero-order valence-corrected chi connectivity index (χ0v) is 20.0. The van der Waals surface area contributed by atoms with Crippen molar-refractivity contribution in [3.05, 3.63) is 70.8 Å². The lowest BCUT2D eigenvalue weighted by Gasteiger charge is -2.32. The Morgan fingerprint density at radius 3 is 2.76 bits per heavy atom. The molecule has 8 nitrogen and oxygen atoms in total. The Morgan fingerprint density at radius 2 is 2.00 bits per heavy atom. The number of nitrogens with zero attached hydrogens (tertiary/aromatic N) is 6. The number of piperidine rings is 1. The number of rotatable bonds is 5. The molecular weight excluding hydrogens is 450 g/mol. The highest BCUT2D eigenvalue weighted by molar-refractivity contribution is 6.30. The number of fused-ring (bicyclic) bond motifs is 1. The van der Waals surface area contributed by atoms with Crippen LogP contribution in [0.25, 0.3) is 16.6 Å². The standard InChI is InChI=1S/C25H26ClN7O/c1-16-22-17(2)33(21-9-7-20(26)8-10-21)31-23(22)24(30-29-16)32-12-4-6-19(15-32)25(34)28-14-18-5-3-11-27-13-18/h3,5,7-11,13,19H,4,6,12,14-15H2,1-2H3,(H,28,34). The van der Waals surface area contributed by atoms with Gasteiger partial charge in [0.25, 0.3) is 0 Å². The summed E-state index contributed by atoms with van der Waals surface area (Å²) in [6, 6.07) is 11.4. The van der Waals surface area contributed by atoms with Crippen LogP contribution in [-0.2, 0) is 11.3 Å². The SMILES string of the molecule is Cc1nnc(N2CCCC(C(=O)NCc3cccnc3)C2)c2nn(-c3ccc(Cl)cc3)c(C)c12. The summed E-state index contributed by atoms with van der Waals surface area (Å²) >= 11 is 6.07. The van der Waals surface area contributed by atoms with Crippen LogP contribution in [-0.4, -0.2) is 44.0 Å². The van der Waals surface area contributed by atoms with Gasteiger partial charge >= 0.3 is 0 Å². The molecule has 4 aromatic rings. The maximum absolute atomic E-state index is 12.9. The minimum absolute atomic E-state index is 0.0488. The van der Waals surface area contributed by atoms with Gasteiger partial charge in [0.15, 0.2) is 5.82 Å². The van der Waals surface area contributed by atoms with E-state index in [0.29, 0.717) is 18.1 Å². The molecule has 174 valence electrons. The molecule has 4 heterocycles. The van der Waals surface area contributed by atoms with Crippen LogP contribution in [0, 0.1) is 19.8 Å². The second kappa shape index (κ2) is 9.38. The minimum Gasteiger partial charge on any atom is -0.352 e. The zero-order chi connectivity index (χ0) is 23.7. The van der Waals surface area contributed by atoms with Gasteiger partial charge in [-0.3, -0.25) is 9.78 Å². The first-order chi connectivity index (χ1) is 16.5. The molecule has 1 amide bonds. The lowest BCUT2D eigenvalue weighted by atomic mass is 9.97. The van der Waals surface area contributed by atoms with Crippen LogP contribution in [0.3, 0.4) is 0 Å². The van der Waals surface area contributed by atoms with Crippen molar-refractivity contribution in [3.8, 4) is 5.69 Å². The molecule has 34 heavy (non-hydrogen) atoms. The van der Waals surface area contributed by atoms with E-state index in [9.17, 15) is 4.79 Å². The van der Waals surface area contributed by atoms with Crippen LogP contribution < -0.4 is 10.2 Å². The summed E-state index contributed by atoms with van der Waals surface area (Å²) in [7, 11) is 0. The number of halogens is 1. The second-order valence-electron chi connectivity index (χ2n) is 8.67. The van der Waals surface area contributed by atoms with Gasteiger partial charge in [-0.2, -0.15) is 10.2 Å². The molecule has 1 saturated heterocycles. The predicted octanol–water partition coefficient (Wildman–Crippen LogP) is 4.01. The largest absolute Gasteiger partial charge is 0.352 e. The van der Waals surface area contributed by atoms with Crippen molar-refractivity contribution >= 4 is 34.2 Å². The maximum atomic E-state index is 12.9. The van der Waals surface area contributed by atoms with Crippen LogP contribution in [0.5, 0.6) is 0 Å². The average molecular weight is 476 g/mol. The molecule has 0 aliphatic carbocycles. The van der Waals surface area contributed by atoms with Gasteiger partial charge in [0, 0.05) is 37.1 Å². The summed E-state index contributed by atoms with van der Waals surface area (Å²) in [5.41, 5.74) is 4.54. The number of amides is 1. The summed E-state index contributed by atoms with van der Waals surface area (Å²) in [6.45, 7) is 5.85. The summed E-state index contributed by atoms with van der Waals surface area (Å²) in [5.74, 6) is 0.650. The van der Waals surface area contributed by atoms with Crippen molar-refractivity contribution in [2.75, 3.05) is 18.0 Å². The molecule has 1 N–H and O–H groups in total. The van der Waals surface area contributed by atoms with Gasteiger partial charge in [0.1, 0.15) is 5.52 Å². The third-order valence-electron chi connectivity index (χ3n) is 6.34. The van der Waals surface area contributed by atoms with Crippen LogP contribution in [0.1, 0.15) is 29.8 Å². The Balaban J connectivity index is 1.41. The first-order valence-corrected chi connectivity index (χ1v) is 11.8. The number of hydrogen-bond acceptors (Lipinski definition) is 6. The number of hydrogen-bond donors (Lipinski definition) is 1. The molecule has 1 atom stereocenters. The summed E-state index contributed by atoms with van der Waals surface area (Å²) in [5, 5.41) is 18.6. The fraction of sp³-hybridized carbons (Fsp3) is 0.320. The number of aromatic nitrogens is 5. The lowest BCUT2D eigenvalue weighted by Crippen LogP contribution is -2.43. The third-order valence-corrected chi connectivity index (χ3v) is 6.59. The third kappa shape index (κ3) is 4.33. The Kier molecular flexibility index (Phi) is 6.15. The first kappa shape index (κ1) is 22.3. The number of carbonyl (C=O) groups is 1. The monoisotopic (exact) mass is 475 g/mol. The van der Waals surface area contributed by atoms with Crippen molar-refractivity contribution in [3.63, 3.8) is 0 Å². The molecule has 0 spiro atoms. The highest BCUT2D eigenvalue weighted by Gasteiger charge is 2.29. The molecule has 1 aromatic carbocycles. The van der Waals surface area contributed by atoms with E-state index in [4.69, 9.17) is 16.7 Å². The predicted molar refractivity (Wildman–Crippen MR) is 132 cm³/mol. The number of nitrogens with one attached hydrogen (secondary N) is 1. The normalized spacial score (nSPS) is 16.1. The van der Waals surface area contributed by atoms with Crippen LogP contribution >= 0.6 is 11.6 Å². The minimum atomic E-state index is -0.122. The van der Waals surface area contributed by atoms with E-state index in [-0.39, 0.29) is 11.8 Å². The van der Waals surface area contributed by atoms with Crippen molar-refractivity contribution in [2.45, 2.75) is 33.2 Å². The Labute approximate surface area is 203 Å². The number of pyridine rings is 1. The van der Waals surface area contributed by atoms with E-state index in [2.05, 4.69) is 25.4 Å². The molecule has 9 heteroatoms. The van der Waals surface area contributed by atoms with Gasteiger partial charge in [-0.05, 0) is 62.6 Å². The van der Waals surface area contributed by atoms with Gasteiger partial charge in [0.2, 0.25) is 5.91 Å². The fourth-order valence-electron chi connectivity index (χ4n) is 4.58. The fourth-order valence-corrected chi connectivity index (χ4v) is 4.70. The molecule has 1 fully saturated rings. The van der Waals surface area contributed by atoms with Gasteiger partial charge < -0.3 is 10.2 Å². The van der Waals surface area contributed by atoms with Crippen molar-refractivity contribution in [1.82, 2.24) is 30.3 Å². The van der Waals surface area contributed by atoms with E-state index in [1.807, 2.05) is 54.9 Å². The topological polar surface area (TPSA) is 88.8 Å². The zero-order valence-electron chi connectivity index (χ0n) is 19.2. The van der Waals surface area contributed by atoms with E-state index < -0.39 is 0 Å². The number of carbonyl (C=O) groups excluding carboxylic acids is 1. The molecule has 3 aromatic heterocycles. The van der Waals surface area contributed by atoms with Crippen molar-refractivity contribution < 1.29 is 4.79 Å². The number of aryl methyl sites for hydroxylation is 2. The Morgan fingerprint density at radius 1 is 1.18 bits per heavy atom. The maximum Gasteiger partial charge on any atom is 0.225 e. The van der Waals surface area contributed by atoms with Gasteiger partial charge in [-0.15, -0.1) is 5.10 Å². The lowest BCUT2D eigenvalue weighted by molar-refractivity contribution is -0.125.